The van der Waals surface area contributed by atoms with Gasteiger partial charge in [0, 0.05) is 32.6 Å². The molecule has 3 atom stereocenters. The topological polar surface area (TPSA) is 126 Å². The zero-order chi connectivity index (χ0) is 26.9. The maximum atomic E-state index is 13.8. The zero-order valence-corrected chi connectivity index (χ0v) is 19.9. The first-order valence-electron chi connectivity index (χ1n) is 11.2. The molecule has 0 saturated carbocycles. The number of carbonyl (C=O) groups is 3. The average Bonchev–Trinajstić information content (AvgIpc) is 3.29. The average molecular weight is 515 g/mol. The summed E-state index contributed by atoms with van der Waals surface area (Å²) in [6.45, 7) is 0. The molecule has 13 heteroatoms. The molecule has 4 rings (SSSR count). The van der Waals surface area contributed by atoms with Crippen molar-refractivity contribution in [1.29, 1.82) is 0 Å². The van der Waals surface area contributed by atoms with Gasteiger partial charge in [-0.25, -0.2) is 9.78 Å². The maximum absolute atomic E-state index is 13.8. The van der Waals surface area contributed by atoms with Crippen molar-refractivity contribution in [1.82, 2.24) is 25.0 Å². The molecule has 1 aliphatic rings. The number of aryl methyl sites for hydroxylation is 1. The van der Waals surface area contributed by atoms with Crippen LogP contribution in [0.2, 0.25) is 0 Å². The van der Waals surface area contributed by atoms with Crippen LogP contribution in [0, 0.1) is 5.92 Å². The number of benzene rings is 1. The van der Waals surface area contributed by atoms with Crippen molar-refractivity contribution in [3.63, 3.8) is 0 Å². The van der Waals surface area contributed by atoms with Crippen molar-refractivity contribution in [2.24, 2.45) is 13.0 Å². The lowest BCUT2D eigenvalue weighted by atomic mass is 9.81. The van der Waals surface area contributed by atoms with Gasteiger partial charge in [0.2, 0.25) is 5.91 Å². The predicted octanol–water partition coefficient (Wildman–Crippen LogP) is 2.44. The highest BCUT2D eigenvalue weighted by atomic mass is 19.4. The molecule has 37 heavy (non-hydrogen) atoms. The Kier molecular flexibility index (Phi) is 6.88. The van der Waals surface area contributed by atoms with Gasteiger partial charge in [-0.15, -0.1) is 0 Å². The number of likely N-dealkylation sites (tertiary alicyclic amines) is 1. The number of nitrogens with zero attached hydrogens (tertiary/aromatic N) is 5. The molecule has 3 aromatic rings. The fraction of sp³-hybridized carbons (Fsp3) is 0.292. The third-order valence-electron chi connectivity index (χ3n) is 6.09. The number of hydrogen-bond donors (Lipinski definition) is 2. The predicted molar refractivity (Wildman–Crippen MR) is 127 cm³/mol. The standard InChI is InChI=1S/C24H24F3N7O3/c1-32-11-9-18(31-32)33(2)22(36)19-16(12-14-8-10-29-17(28)13-14)21(35)34(19)23(37)30-20(24(25,26)27)15-6-4-3-5-7-15/h3-11,13,16,19-20H,12H2,1-2H3,(H2,28,29)(H,30,37)/t16-,19+,20?/m1/s1. The Morgan fingerprint density at radius 3 is 2.49 bits per heavy atom. The summed E-state index contributed by atoms with van der Waals surface area (Å²) in [5.74, 6) is -2.02. The summed E-state index contributed by atoms with van der Waals surface area (Å²) in [5.41, 5.74) is 6.08. The number of alkyl halides is 3. The van der Waals surface area contributed by atoms with Crippen molar-refractivity contribution in [3.05, 3.63) is 72.1 Å². The Morgan fingerprint density at radius 2 is 1.89 bits per heavy atom. The molecule has 3 N–H and O–H groups in total. The van der Waals surface area contributed by atoms with Gasteiger partial charge >= 0.3 is 12.2 Å². The lowest BCUT2D eigenvalue weighted by Gasteiger charge is -2.45. The first kappa shape index (κ1) is 25.7. The van der Waals surface area contributed by atoms with Gasteiger partial charge in [-0.2, -0.15) is 18.3 Å². The Hall–Kier alpha value is -4.42. The number of anilines is 2. The van der Waals surface area contributed by atoms with Crippen LogP contribution in [0.4, 0.5) is 29.6 Å². The second-order valence-electron chi connectivity index (χ2n) is 8.63. The van der Waals surface area contributed by atoms with E-state index < -0.39 is 42.0 Å². The number of nitrogen functional groups attached to an aromatic ring is 1. The lowest BCUT2D eigenvalue weighted by molar-refractivity contribution is -0.162. The number of nitrogens with two attached hydrogens (primary N) is 1. The molecule has 10 nitrogen and oxygen atoms in total. The van der Waals surface area contributed by atoms with Crippen molar-refractivity contribution in [2.45, 2.75) is 24.7 Å². The molecular formula is C24H24F3N7O3. The Bertz CT molecular complexity index is 1310. The van der Waals surface area contributed by atoms with E-state index in [9.17, 15) is 27.6 Å². The minimum absolute atomic E-state index is 0.0309. The highest BCUT2D eigenvalue weighted by Crippen LogP contribution is 2.36. The molecule has 2 aromatic heterocycles. The molecule has 194 valence electrons. The molecule has 1 saturated heterocycles. The summed E-state index contributed by atoms with van der Waals surface area (Å²) in [5, 5.41) is 6.03. The normalized spacial score (nSPS) is 18.2. The fourth-order valence-corrected chi connectivity index (χ4v) is 4.22. The van der Waals surface area contributed by atoms with Crippen LogP contribution >= 0.6 is 0 Å². The van der Waals surface area contributed by atoms with E-state index >= 15 is 0 Å². The van der Waals surface area contributed by atoms with E-state index in [0.29, 0.717) is 10.5 Å². The minimum atomic E-state index is -4.84. The number of hydrogen-bond acceptors (Lipinski definition) is 6. The van der Waals surface area contributed by atoms with Gasteiger partial charge in [-0.1, -0.05) is 30.3 Å². The van der Waals surface area contributed by atoms with Gasteiger partial charge in [0.15, 0.2) is 11.9 Å². The van der Waals surface area contributed by atoms with Gasteiger partial charge in [0.05, 0.1) is 5.92 Å². The van der Waals surface area contributed by atoms with E-state index in [2.05, 4.69) is 10.1 Å². The summed E-state index contributed by atoms with van der Waals surface area (Å²) in [4.78, 5) is 45.2. The van der Waals surface area contributed by atoms with E-state index in [1.165, 1.54) is 54.3 Å². The first-order chi connectivity index (χ1) is 17.5. The lowest BCUT2D eigenvalue weighted by Crippen LogP contribution is -2.71. The molecule has 3 heterocycles. The monoisotopic (exact) mass is 515 g/mol. The van der Waals surface area contributed by atoms with E-state index in [1.54, 1.807) is 25.4 Å². The van der Waals surface area contributed by atoms with Crippen molar-refractivity contribution in [3.8, 4) is 0 Å². The quantitative estimate of drug-likeness (QED) is 0.486. The Balaban J connectivity index is 1.63. The van der Waals surface area contributed by atoms with Crippen LogP contribution in [0.25, 0.3) is 0 Å². The van der Waals surface area contributed by atoms with Gasteiger partial charge in [-0.05, 0) is 29.7 Å². The number of nitrogens with one attached hydrogen (secondary N) is 1. The highest BCUT2D eigenvalue weighted by molar-refractivity contribution is 6.12. The summed E-state index contributed by atoms with van der Waals surface area (Å²) < 4.78 is 43.0. The van der Waals surface area contributed by atoms with Crippen LogP contribution in [0.3, 0.4) is 0 Å². The number of urea groups is 1. The van der Waals surface area contributed by atoms with Crippen molar-refractivity contribution in [2.75, 3.05) is 17.7 Å². The fourth-order valence-electron chi connectivity index (χ4n) is 4.22. The molecule has 0 radical (unpaired) electrons. The van der Waals surface area contributed by atoms with Crippen LogP contribution in [0.5, 0.6) is 0 Å². The number of imide groups is 1. The minimum Gasteiger partial charge on any atom is -0.384 e. The molecule has 0 aliphatic carbocycles. The van der Waals surface area contributed by atoms with Crippen molar-refractivity contribution < 1.29 is 27.6 Å². The Morgan fingerprint density at radius 1 is 1.19 bits per heavy atom. The summed E-state index contributed by atoms with van der Waals surface area (Å²) in [6.07, 6.45) is -1.78. The van der Waals surface area contributed by atoms with E-state index in [1.807, 2.05) is 5.32 Å². The van der Waals surface area contributed by atoms with Gasteiger partial charge in [0.1, 0.15) is 11.9 Å². The summed E-state index contributed by atoms with van der Waals surface area (Å²) >= 11 is 0. The van der Waals surface area contributed by atoms with E-state index in [4.69, 9.17) is 5.73 Å². The maximum Gasteiger partial charge on any atom is 0.412 e. The molecule has 0 bridgehead atoms. The van der Waals surface area contributed by atoms with Crippen molar-refractivity contribution >= 4 is 29.5 Å². The molecular weight excluding hydrogens is 491 g/mol. The second-order valence-corrected chi connectivity index (χ2v) is 8.63. The van der Waals surface area contributed by atoms with Crippen LogP contribution in [0.1, 0.15) is 17.2 Å². The number of aromatic nitrogens is 3. The number of β-lactam (4-membered cyclic amide) rings is 1. The van der Waals surface area contributed by atoms with Gasteiger partial charge < -0.3 is 11.1 Å². The van der Waals surface area contributed by atoms with E-state index in [0.717, 1.165) is 4.90 Å². The number of likely N-dealkylation sites (N-methyl/N-ethyl adjacent to an activating group) is 1. The molecule has 1 unspecified atom stereocenters. The van der Waals surface area contributed by atoms with Crippen LogP contribution in [-0.2, 0) is 23.1 Å². The number of pyridine rings is 1. The van der Waals surface area contributed by atoms with E-state index in [-0.39, 0.29) is 23.6 Å². The molecule has 4 amide bonds. The Labute approximate surface area is 209 Å². The van der Waals surface area contributed by atoms with Crippen LogP contribution in [0.15, 0.2) is 60.9 Å². The highest BCUT2D eigenvalue weighted by Gasteiger charge is 2.56. The van der Waals surface area contributed by atoms with Crippen LogP contribution < -0.4 is 16.0 Å². The summed E-state index contributed by atoms with van der Waals surface area (Å²) in [6, 6.07) is 6.38. The molecule has 1 aliphatic heterocycles. The summed E-state index contributed by atoms with van der Waals surface area (Å²) in [7, 11) is 3.06. The smallest absolute Gasteiger partial charge is 0.384 e. The molecule has 0 spiro atoms. The van der Waals surface area contributed by atoms with Gasteiger partial charge in [-0.3, -0.25) is 24.1 Å². The SMILES string of the molecule is CN(C(=O)[C@@H]1[C@@H](Cc2ccnc(N)c2)C(=O)N1C(=O)NC(c1ccccc1)C(F)(F)F)c1ccn(C)n1. The number of amides is 4. The largest absolute Gasteiger partial charge is 0.412 e. The number of carbonyl (C=O) groups excluding carboxylic acids is 3. The molecule has 1 fully saturated rings. The zero-order valence-electron chi connectivity index (χ0n) is 19.9. The number of rotatable bonds is 6. The third kappa shape index (κ3) is 5.25. The van der Waals surface area contributed by atoms with Crippen LogP contribution in [-0.4, -0.2) is 56.8 Å². The van der Waals surface area contributed by atoms with Gasteiger partial charge in [0.25, 0.3) is 5.91 Å². The number of halogens is 3. The molecule has 1 aromatic carbocycles. The third-order valence-corrected chi connectivity index (χ3v) is 6.09. The first-order valence-corrected chi connectivity index (χ1v) is 11.2. The second kappa shape index (κ2) is 9.91.